The third-order valence-corrected chi connectivity index (χ3v) is 5.11. The lowest BCUT2D eigenvalue weighted by molar-refractivity contribution is -0.127. The van der Waals surface area contributed by atoms with E-state index < -0.39 is 0 Å². The van der Waals surface area contributed by atoms with Crippen molar-refractivity contribution in [2.75, 3.05) is 19.6 Å². The molecule has 0 spiro atoms. The van der Waals surface area contributed by atoms with Gasteiger partial charge in [-0.05, 0) is 30.7 Å². The molecular weight excluding hydrogens is 378 g/mol. The van der Waals surface area contributed by atoms with Crippen molar-refractivity contribution in [2.45, 2.75) is 12.8 Å². The van der Waals surface area contributed by atoms with E-state index in [1.165, 1.54) is 4.90 Å². The number of aliphatic imine (C=N–C) groups is 1. The van der Waals surface area contributed by atoms with Crippen molar-refractivity contribution in [3.8, 4) is 0 Å². The van der Waals surface area contributed by atoms with Gasteiger partial charge in [0.1, 0.15) is 5.84 Å². The Morgan fingerprint density at radius 2 is 1.75 bits per heavy atom. The van der Waals surface area contributed by atoms with E-state index in [2.05, 4.69) is 4.99 Å². The van der Waals surface area contributed by atoms with Gasteiger partial charge in [0.2, 0.25) is 5.91 Å². The number of benzene rings is 2. The Morgan fingerprint density at radius 3 is 2.43 bits per heavy atom. The quantitative estimate of drug-likeness (QED) is 0.731. The molecule has 0 saturated carbocycles. The predicted octanol–water partition coefficient (Wildman–Crippen LogP) is 3.01. The van der Waals surface area contributed by atoms with Crippen molar-refractivity contribution in [2.24, 2.45) is 4.99 Å². The van der Waals surface area contributed by atoms with E-state index in [9.17, 15) is 14.4 Å². The van der Waals surface area contributed by atoms with Gasteiger partial charge in [0.25, 0.3) is 11.8 Å². The van der Waals surface area contributed by atoms with Crippen molar-refractivity contribution < 1.29 is 14.4 Å². The lowest BCUT2D eigenvalue weighted by Crippen LogP contribution is -2.36. The number of carbonyl (C=O) groups is 3. The molecule has 6 nitrogen and oxygen atoms in total. The van der Waals surface area contributed by atoms with E-state index in [1.54, 1.807) is 41.3 Å². The van der Waals surface area contributed by atoms with E-state index in [1.807, 2.05) is 12.1 Å². The number of halogens is 1. The largest absolute Gasteiger partial charge is 0.295 e. The monoisotopic (exact) mass is 395 g/mol. The Hall–Kier alpha value is -2.99. The summed E-state index contributed by atoms with van der Waals surface area (Å²) in [6, 6.07) is 14.0. The van der Waals surface area contributed by atoms with Crippen LogP contribution in [-0.2, 0) is 4.79 Å². The minimum Gasteiger partial charge on any atom is -0.295 e. The smallest absolute Gasteiger partial charge is 0.261 e. The SMILES string of the molecule is O=C(CCCN1C(=O)c2ccccc2C1=O)N1CCN=C1c1cccc(Cl)c1. The molecule has 0 unspecified atom stereocenters. The minimum absolute atomic E-state index is 0.0761. The van der Waals surface area contributed by atoms with Gasteiger partial charge in [-0.3, -0.25) is 29.2 Å². The number of rotatable bonds is 5. The van der Waals surface area contributed by atoms with Gasteiger partial charge < -0.3 is 0 Å². The number of fused-ring (bicyclic) bond motifs is 1. The van der Waals surface area contributed by atoms with Crippen LogP contribution in [0.2, 0.25) is 5.02 Å². The lowest BCUT2D eigenvalue weighted by atomic mass is 10.1. The Balaban J connectivity index is 1.37. The summed E-state index contributed by atoms with van der Waals surface area (Å²) < 4.78 is 0. The van der Waals surface area contributed by atoms with Crippen LogP contribution in [0, 0.1) is 0 Å². The molecule has 142 valence electrons. The fourth-order valence-corrected chi connectivity index (χ4v) is 3.72. The second-order valence-electron chi connectivity index (χ2n) is 6.67. The van der Waals surface area contributed by atoms with Gasteiger partial charge >= 0.3 is 0 Å². The average Bonchev–Trinajstić information content (AvgIpc) is 3.28. The van der Waals surface area contributed by atoms with E-state index in [4.69, 9.17) is 11.6 Å². The number of imide groups is 1. The highest BCUT2D eigenvalue weighted by Gasteiger charge is 2.35. The Labute approximate surface area is 167 Å². The highest BCUT2D eigenvalue weighted by Crippen LogP contribution is 2.23. The molecule has 2 aliphatic heterocycles. The van der Waals surface area contributed by atoms with Crippen LogP contribution in [0.1, 0.15) is 39.1 Å². The molecule has 2 aromatic rings. The average molecular weight is 396 g/mol. The zero-order valence-electron chi connectivity index (χ0n) is 15.1. The van der Waals surface area contributed by atoms with Crippen molar-refractivity contribution in [1.82, 2.24) is 9.80 Å². The second kappa shape index (κ2) is 7.56. The number of hydrogen-bond donors (Lipinski definition) is 0. The molecule has 0 N–H and O–H groups in total. The van der Waals surface area contributed by atoms with Crippen molar-refractivity contribution in [3.05, 3.63) is 70.2 Å². The molecule has 7 heteroatoms. The van der Waals surface area contributed by atoms with E-state index in [-0.39, 0.29) is 30.7 Å². The Morgan fingerprint density at radius 1 is 1.04 bits per heavy atom. The number of nitrogens with zero attached hydrogens (tertiary/aromatic N) is 3. The first-order valence-corrected chi connectivity index (χ1v) is 9.50. The van der Waals surface area contributed by atoms with Crippen molar-refractivity contribution in [3.63, 3.8) is 0 Å². The zero-order valence-corrected chi connectivity index (χ0v) is 15.9. The lowest BCUT2D eigenvalue weighted by Gasteiger charge is -2.19. The number of carbonyl (C=O) groups excluding carboxylic acids is 3. The number of hydrogen-bond acceptors (Lipinski definition) is 4. The van der Waals surface area contributed by atoms with Crippen molar-refractivity contribution in [1.29, 1.82) is 0 Å². The van der Waals surface area contributed by atoms with Gasteiger partial charge in [-0.2, -0.15) is 0 Å². The summed E-state index contributed by atoms with van der Waals surface area (Å²) in [6.07, 6.45) is 0.636. The van der Waals surface area contributed by atoms with Gasteiger partial charge in [-0.25, -0.2) is 0 Å². The van der Waals surface area contributed by atoms with Crippen LogP contribution in [0.25, 0.3) is 0 Å². The molecule has 2 aliphatic rings. The van der Waals surface area contributed by atoms with Gasteiger partial charge in [0, 0.05) is 30.1 Å². The van der Waals surface area contributed by atoms with E-state index in [0.717, 1.165) is 5.56 Å². The fraction of sp³-hybridized carbons (Fsp3) is 0.238. The first-order chi connectivity index (χ1) is 13.6. The van der Waals surface area contributed by atoms with Crippen LogP contribution >= 0.6 is 11.6 Å². The molecule has 0 fully saturated rings. The molecule has 0 aliphatic carbocycles. The molecule has 2 heterocycles. The van der Waals surface area contributed by atoms with Gasteiger partial charge in [-0.1, -0.05) is 35.9 Å². The van der Waals surface area contributed by atoms with E-state index in [0.29, 0.717) is 41.5 Å². The molecule has 4 rings (SSSR count). The van der Waals surface area contributed by atoms with Crippen LogP contribution < -0.4 is 0 Å². The topological polar surface area (TPSA) is 70.1 Å². The first-order valence-electron chi connectivity index (χ1n) is 9.12. The Kier molecular flexibility index (Phi) is 4.96. The summed E-state index contributed by atoms with van der Waals surface area (Å²) in [4.78, 5) is 44.8. The summed E-state index contributed by atoms with van der Waals surface area (Å²) >= 11 is 6.04. The summed E-state index contributed by atoms with van der Waals surface area (Å²) in [5.41, 5.74) is 1.65. The summed E-state index contributed by atoms with van der Waals surface area (Å²) in [5, 5.41) is 0.588. The molecule has 0 aromatic heterocycles. The summed E-state index contributed by atoms with van der Waals surface area (Å²) in [7, 11) is 0. The normalized spacial score (nSPS) is 15.8. The third-order valence-electron chi connectivity index (χ3n) is 4.88. The van der Waals surface area contributed by atoms with Crippen LogP contribution in [0.15, 0.2) is 53.5 Å². The molecule has 0 bridgehead atoms. The highest BCUT2D eigenvalue weighted by molar-refractivity contribution is 6.31. The molecule has 0 radical (unpaired) electrons. The van der Waals surface area contributed by atoms with Gasteiger partial charge in [0.15, 0.2) is 0 Å². The maximum atomic E-state index is 12.7. The van der Waals surface area contributed by atoms with Gasteiger partial charge in [-0.15, -0.1) is 0 Å². The maximum Gasteiger partial charge on any atom is 0.261 e. The zero-order chi connectivity index (χ0) is 19.7. The summed E-state index contributed by atoms with van der Waals surface area (Å²) in [6.45, 7) is 1.29. The molecule has 0 saturated heterocycles. The first kappa shape index (κ1) is 18.4. The van der Waals surface area contributed by atoms with E-state index >= 15 is 0 Å². The second-order valence-corrected chi connectivity index (χ2v) is 7.11. The molecular formula is C21H18ClN3O3. The van der Waals surface area contributed by atoms with Crippen molar-refractivity contribution >= 4 is 35.2 Å². The minimum atomic E-state index is -0.296. The summed E-state index contributed by atoms with van der Waals surface area (Å²) in [5.74, 6) is -0.0492. The molecule has 28 heavy (non-hydrogen) atoms. The molecule has 0 atom stereocenters. The van der Waals surface area contributed by atoms with Crippen LogP contribution in [0.4, 0.5) is 0 Å². The van der Waals surface area contributed by atoms with Crippen LogP contribution in [0.5, 0.6) is 0 Å². The highest BCUT2D eigenvalue weighted by atomic mass is 35.5. The van der Waals surface area contributed by atoms with Gasteiger partial charge in [0.05, 0.1) is 17.7 Å². The third kappa shape index (κ3) is 3.31. The Bertz CT molecular complexity index is 967. The van der Waals surface area contributed by atoms with Crippen LogP contribution in [-0.4, -0.2) is 53.0 Å². The fourth-order valence-electron chi connectivity index (χ4n) is 3.53. The molecule has 2 aromatic carbocycles. The maximum absolute atomic E-state index is 12.7. The number of amidine groups is 1. The standard InChI is InChI=1S/C21H18ClN3O3/c22-15-6-3-5-14(13-15)19-23-10-12-24(19)18(26)9-4-11-25-20(27)16-7-1-2-8-17(16)21(25)28/h1-3,5-8,13H,4,9-12H2. The predicted molar refractivity (Wildman–Crippen MR) is 106 cm³/mol. The molecule has 3 amide bonds. The number of amides is 3. The van der Waals surface area contributed by atoms with Crippen LogP contribution in [0.3, 0.4) is 0 Å².